The SMILES string of the molecule is COc1ccc2c(c1)c([C@@H]1N=C(N)Nc3nc4ccccc4n31)cn2C. The molecule has 0 amide bonds. The zero-order valence-electron chi connectivity index (χ0n) is 14.5. The lowest BCUT2D eigenvalue weighted by Crippen LogP contribution is -2.31. The Balaban J connectivity index is 1.81. The van der Waals surface area contributed by atoms with E-state index in [-0.39, 0.29) is 6.17 Å². The van der Waals surface area contributed by atoms with Gasteiger partial charge in [0.2, 0.25) is 5.95 Å². The topological polar surface area (TPSA) is 82.4 Å². The van der Waals surface area contributed by atoms with Crippen molar-refractivity contribution in [3.05, 3.63) is 54.2 Å². The van der Waals surface area contributed by atoms with Crippen LogP contribution < -0.4 is 15.8 Å². The van der Waals surface area contributed by atoms with Gasteiger partial charge in [-0.25, -0.2) is 9.98 Å². The second-order valence-corrected chi connectivity index (χ2v) is 6.39. The number of para-hydroxylation sites is 2. The number of aliphatic imine (C=N–C) groups is 1. The number of imidazole rings is 1. The molecule has 3 heterocycles. The molecule has 26 heavy (non-hydrogen) atoms. The number of methoxy groups -OCH3 is 1. The van der Waals surface area contributed by atoms with Crippen molar-refractivity contribution in [1.82, 2.24) is 14.1 Å². The van der Waals surface area contributed by atoms with Crippen molar-refractivity contribution in [2.45, 2.75) is 6.17 Å². The summed E-state index contributed by atoms with van der Waals surface area (Å²) in [5.74, 6) is 1.87. The normalized spacial score (nSPS) is 16.4. The van der Waals surface area contributed by atoms with Gasteiger partial charge in [-0.1, -0.05) is 12.1 Å². The Bertz CT molecular complexity index is 1190. The maximum Gasteiger partial charge on any atom is 0.212 e. The zero-order valence-corrected chi connectivity index (χ0v) is 14.5. The molecule has 0 spiro atoms. The number of anilines is 1. The van der Waals surface area contributed by atoms with Crippen molar-refractivity contribution in [1.29, 1.82) is 0 Å². The number of fused-ring (bicyclic) bond motifs is 4. The van der Waals surface area contributed by atoms with Crippen LogP contribution in [0.2, 0.25) is 0 Å². The molecular formula is C19H18N6O. The van der Waals surface area contributed by atoms with E-state index in [4.69, 9.17) is 10.5 Å². The maximum atomic E-state index is 6.06. The van der Waals surface area contributed by atoms with Crippen LogP contribution in [0.1, 0.15) is 11.7 Å². The van der Waals surface area contributed by atoms with Crippen LogP contribution in [-0.4, -0.2) is 27.2 Å². The molecule has 0 bridgehead atoms. The zero-order chi connectivity index (χ0) is 17.8. The number of aryl methyl sites for hydroxylation is 1. The molecule has 0 unspecified atom stereocenters. The van der Waals surface area contributed by atoms with Gasteiger partial charge in [0.1, 0.15) is 5.75 Å². The second kappa shape index (κ2) is 5.26. The lowest BCUT2D eigenvalue weighted by Gasteiger charge is -2.23. The number of aromatic nitrogens is 3. The molecule has 7 nitrogen and oxygen atoms in total. The minimum absolute atomic E-state index is 0.297. The highest BCUT2D eigenvalue weighted by atomic mass is 16.5. The van der Waals surface area contributed by atoms with Gasteiger partial charge >= 0.3 is 0 Å². The standard InChI is InChI=1S/C19H18N6O/c1-24-10-13(12-9-11(26-2)7-8-15(12)24)17-22-18(20)23-19-21-14-5-3-4-6-16(14)25(17)19/h3-10,17H,1-2H3,(H3,20,21,22,23)/t17-/m1/s1. The number of ether oxygens (including phenoxy) is 1. The summed E-state index contributed by atoms with van der Waals surface area (Å²) in [6, 6.07) is 14.1. The lowest BCUT2D eigenvalue weighted by atomic mass is 10.1. The quantitative estimate of drug-likeness (QED) is 0.585. The molecular weight excluding hydrogens is 328 g/mol. The molecule has 0 saturated heterocycles. The maximum absolute atomic E-state index is 6.06. The highest BCUT2D eigenvalue weighted by molar-refractivity contribution is 5.95. The van der Waals surface area contributed by atoms with Crippen molar-refractivity contribution in [2.75, 3.05) is 12.4 Å². The molecule has 0 radical (unpaired) electrons. The van der Waals surface area contributed by atoms with E-state index in [0.29, 0.717) is 11.9 Å². The van der Waals surface area contributed by atoms with E-state index in [0.717, 1.165) is 33.2 Å². The van der Waals surface area contributed by atoms with Crippen LogP contribution in [0.15, 0.2) is 53.7 Å². The summed E-state index contributed by atoms with van der Waals surface area (Å²) in [5.41, 5.74) is 10.1. The number of nitrogens with two attached hydrogens (primary N) is 1. The second-order valence-electron chi connectivity index (χ2n) is 6.39. The Labute approximate surface area is 149 Å². The Morgan fingerprint density at radius 2 is 2.00 bits per heavy atom. The number of hydrogen-bond acceptors (Lipinski definition) is 5. The van der Waals surface area contributed by atoms with Gasteiger partial charge in [0.05, 0.1) is 18.1 Å². The number of nitrogens with zero attached hydrogens (tertiary/aromatic N) is 4. The predicted molar refractivity (Wildman–Crippen MR) is 103 cm³/mol. The van der Waals surface area contributed by atoms with Gasteiger partial charge in [0, 0.05) is 29.7 Å². The minimum atomic E-state index is -0.297. The van der Waals surface area contributed by atoms with E-state index in [2.05, 4.69) is 36.7 Å². The first kappa shape index (κ1) is 14.8. The van der Waals surface area contributed by atoms with E-state index in [1.807, 2.05) is 43.4 Å². The van der Waals surface area contributed by atoms with E-state index in [1.54, 1.807) is 7.11 Å². The van der Waals surface area contributed by atoms with E-state index in [1.165, 1.54) is 0 Å². The van der Waals surface area contributed by atoms with E-state index < -0.39 is 0 Å². The van der Waals surface area contributed by atoms with Crippen molar-refractivity contribution in [2.24, 2.45) is 17.8 Å². The van der Waals surface area contributed by atoms with Gasteiger partial charge in [-0.15, -0.1) is 0 Å². The number of nitrogens with one attached hydrogen (secondary N) is 1. The highest BCUT2D eigenvalue weighted by Crippen LogP contribution is 2.37. The molecule has 0 aliphatic carbocycles. The van der Waals surface area contributed by atoms with Gasteiger partial charge in [0.15, 0.2) is 12.1 Å². The number of hydrogen-bond donors (Lipinski definition) is 2. The highest BCUT2D eigenvalue weighted by Gasteiger charge is 2.27. The summed E-state index contributed by atoms with van der Waals surface area (Å²) in [6.07, 6.45) is 1.80. The minimum Gasteiger partial charge on any atom is -0.497 e. The molecule has 1 atom stereocenters. The fourth-order valence-corrected chi connectivity index (χ4v) is 3.66. The third kappa shape index (κ3) is 2.00. The van der Waals surface area contributed by atoms with Crippen LogP contribution in [0.3, 0.4) is 0 Å². The molecule has 130 valence electrons. The molecule has 1 aliphatic rings. The average molecular weight is 346 g/mol. The van der Waals surface area contributed by atoms with Gasteiger partial charge in [-0.3, -0.25) is 9.88 Å². The number of rotatable bonds is 2. The van der Waals surface area contributed by atoms with Gasteiger partial charge in [-0.05, 0) is 30.3 Å². The summed E-state index contributed by atoms with van der Waals surface area (Å²) >= 11 is 0. The molecule has 1 aliphatic heterocycles. The summed E-state index contributed by atoms with van der Waals surface area (Å²) < 4.78 is 9.60. The average Bonchev–Trinajstić information content (AvgIpc) is 3.18. The van der Waals surface area contributed by atoms with Crippen LogP contribution in [0.5, 0.6) is 5.75 Å². The third-order valence-electron chi connectivity index (χ3n) is 4.85. The van der Waals surface area contributed by atoms with Gasteiger partial charge < -0.3 is 15.0 Å². The monoisotopic (exact) mass is 346 g/mol. The Hall–Kier alpha value is -3.48. The van der Waals surface area contributed by atoms with Crippen LogP contribution in [0, 0.1) is 0 Å². The summed E-state index contributed by atoms with van der Waals surface area (Å²) in [6.45, 7) is 0. The third-order valence-corrected chi connectivity index (χ3v) is 4.85. The Morgan fingerprint density at radius 3 is 2.85 bits per heavy atom. The van der Waals surface area contributed by atoms with E-state index >= 15 is 0 Å². The van der Waals surface area contributed by atoms with Gasteiger partial charge in [-0.2, -0.15) is 0 Å². The molecule has 2 aromatic carbocycles. The fourth-order valence-electron chi connectivity index (χ4n) is 3.66. The molecule has 7 heteroatoms. The summed E-state index contributed by atoms with van der Waals surface area (Å²) in [5, 5.41) is 4.16. The smallest absolute Gasteiger partial charge is 0.212 e. The van der Waals surface area contributed by atoms with Crippen molar-refractivity contribution in [3.8, 4) is 5.75 Å². The largest absolute Gasteiger partial charge is 0.497 e. The van der Waals surface area contributed by atoms with Crippen LogP contribution in [0.4, 0.5) is 5.95 Å². The number of benzene rings is 2. The molecule has 3 N–H and O–H groups in total. The van der Waals surface area contributed by atoms with Crippen LogP contribution >= 0.6 is 0 Å². The van der Waals surface area contributed by atoms with Crippen LogP contribution in [0.25, 0.3) is 21.9 Å². The first-order valence-corrected chi connectivity index (χ1v) is 8.36. The molecule has 2 aromatic heterocycles. The first-order chi connectivity index (χ1) is 12.7. The summed E-state index contributed by atoms with van der Waals surface area (Å²) in [7, 11) is 3.70. The molecule has 4 aromatic rings. The predicted octanol–water partition coefficient (Wildman–Crippen LogP) is 2.82. The Kier molecular flexibility index (Phi) is 3.00. The molecule has 5 rings (SSSR count). The number of guanidine groups is 1. The Morgan fingerprint density at radius 1 is 1.15 bits per heavy atom. The molecule has 0 saturated carbocycles. The van der Waals surface area contributed by atoms with Gasteiger partial charge in [0.25, 0.3) is 0 Å². The van der Waals surface area contributed by atoms with E-state index in [9.17, 15) is 0 Å². The molecule has 0 fully saturated rings. The van der Waals surface area contributed by atoms with Crippen LogP contribution in [-0.2, 0) is 7.05 Å². The first-order valence-electron chi connectivity index (χ1n) is 8.36. The fraction of sp³-hybridized carbons (Fsp3) is 0.158. The lowest BCUT2D eigenvalue weighted by molar-refractivity contribution is 0.415. The van der Waals surface area contributed by atoms with Crippen molar-refractivity contribution in [3.63, 3.8) is 0 Å². The van der Waals surface area contributed by atoms with Crippen molar-refractivity contribution >= 4 is 33.8 Å². The summed E-state index contributed by atoms with van der Waals surface area (Å²) in [4.78, 5) is 9.35. The van der Waals surface area contributed by atoms with Crippen molar-refractivity contribution < 1.29 is 4.74 Å².